The second-order valence-corrected chi connectivity index (χ2v) is 3.50. The van der Waals surface area contributed by atoms with Crippen LogP contribution in [0.3, 0.4) is 0 Å². The molecule has 0 fully saturated rings. The number of nitriles is 1. The molecule has 0 amide bonds. The summed E-state index contributed by atoms with van der Waals surface area (Å²) in [6, 6.07) is 2.04. The lowest BCUT2D eigenvalue weighted by Gasteiger charge is -2.06. The van der Waals surface area contributed by atoms with Gasteiger partial charge in [0, 0.05) is 7.05 Å². The molecule has 2 rings (SSSR count). The fraction of sp³-hybridized carbons (Fsp3) is 0.300. The van der Waals surface area contributed by atoms with Gasteiger partial charge in [0.1, 0.15) is 29.6 Å². The van der Waals surface area contributed by atoms with Gasteiger partial charge in [-0.05, 0) is 6.92 Å². The molecular formula is C10H11N7. The summed E-state index contributed by atoms with van der Waals surface area (Å²) in [6.07, 6.45) is 3.12. The molecular weight excluding hydrogens is 218 g/mol. The van der Waals surface area contributed by atoms with Crippen LogP contribution in [0.4, 0.5) is 5.82 Å². The number of aromatic nitrogens is 5. The van der Waals surface area contributed by atoms with Gasteiger partial charge < -0.3 is 9.88 Å². The van der Waals surface area contributed by atoms with Crippen molar-refractivity contribution in [1.29, 1.82) is 5.26 Å². The molecule has 0 aliphatic carbocycles. The fourth-order valence-corrected chi connectivity index (χ4v) is 1.32. The largest absolute Gasteiger partial charge is 0.362 e. The van der Waals surface area contributed by atoms with Crippen molar-refractivity contribution in [2.45, 2.75) is 13.5 Å². The monoisotopic (exact) mass is 229 g/mol. The lowest BCUT2D eigenvalue weighted by atomic mass is 10.3. The molecule has 2 aromatic rings. The minimum Gasteiger partial charge on any atom is -0.362 e. The first-order valence-electron chi connectivity index (χ1n) is 5.01. The summed E-state index contributed by atoms with van der Waals surface area (Å²) in [4.78, 5) is 8.14. The minimum atomic E-state index is 0.415. The van der Waals surface area contributed by atoms with E-state index in [-0.39, 0.29) is 0 Å². The van der Waals surface area contributed by atoms with E-state index in [0.717, 1.165) is 5.82 Å². The molecule has 17 heavy (non-hydrogen) atoms. The Morgan fingerprint density at radius 3 is 3.00 bits per heavy atom. The summed E-state index contributed by atoms with van der Waals surface area (Å²) in [5.74, 6) is 1.90. The highest BCUT2D eigenvalue weighted by molar-refractivity contribution is 5.50. The lowest BCUT2D eigenvalue weighted by Crippen LogP contribution is -2.09. The summed E-state index contributed by atoms with van der Waals surface area (Å²) < 4.78 is 1.80. The predicted molar refractivity (Wildman–Crippen MR) is 59.8 cm³/mol. The van der Waals surface area contributed by atoms with Crippen LogP contribution in [-0.4, -0.2) is 24.7 Å². The standard InChI is InChI=1S/C10H11N7/c1-7-12-4-8(3-11)10(15-7)13-5-9-16-14-6-17(9)2/h4,6H,5H2,1-2H3,(H,12,13,15). The van der Waals surface area contributed by atoms with Crippen LogP contribution in [0.1, 0.15) is 17.2 Å². The highest BCUT2D eigenvalue weighted by Gasteiger charge is 2.06. The van der Waals surface area contributed by atoms with E-state index in [1.807, 2.05) is 13.1 Å². The van der Waals surface area contributed by atoms with Crippen LogP contribution >= 0.6 is 0 Å². The van der Waals surface area contributed by atoms with Crippen LogP contribution in [0.2, 0.25) is 0 Å². The maximum Gasteiger partial charge on any atom is 0.151 e. The van der Waals surface area contributed by atoms with Crippen molar-refractivity contribution in [2.75, 3.05) is 5.32 Å². The van der Waals surface area contributed by atoms with Gasteiger partial charge in [-0.3, -0.25) is 0 Å². The number of hydrogen-bond donors (Lipinski definition) is 1. The summed E-state index contributed by atoms with van der Waals surface area (Å²) in [7, 11) is 1.85. The number of hydrogen-bond acceptors (Lipinski definition) is 6. The quantitative estimate of drug-likeness (QED) is 0.818. The van der Waals surface area contributed by atoms with Crippen molar-refractivity contribution in [2.24, 2.45) is 7.05 Å². The van der Waals surface area contributed by atoms with E-state index in [4.69, 9.17) is 5.26 Å². The van der Waals surface area contributed by atoms with Crippen LogP contribution in [0.25, 0.3) is 0 Å². The predicted octanol–water partition coefficient (Wildman–Crippen LogP) is 0.397. The Morgan fingerprint density at radius 1 is 1.53 bits per heavy atom. The topological polar surface area (TPSA) is 92.3 Å². The summed E-state index contributed by atoms with van der Waals surface area (Å²) in [6.45, 7) is 2.23. The summed E-state index contributed by atoms with van der Waals surface area (Å²) in [5.41, 5.74) is 0.415. The molecule has 0 aliphatic heterocycles. The van der Waals surface area contributed by atoms with Gasteiger partial charge in [-0.25, -0.2) is 9.97 Å². The molecule has 0 unspecified atom stereocenters. The molecule has 0 aromatic carbocycles. The first-order chi connectivity index (χ1) is 8.20. The summed E-state index contributed by atoms with van der Waals surface area (Å²) in [5, 5.41) is 19.7. The van der Waals surface area contributed by atoms with Crippen molar-refractivity contribution in [3.05, 3.63) is 29.7 Å². The molecule has 2 heterocycles. The van der Waals surface area contributed by atoms with Crippen LogP contribution < -0.4 is 5.32 Å². The minimum absolute atomic E-state index is 0.415. The van der Waals surface area contributed by atoms with Crippen LogP contribution in [0.15, 0.2) is 12.5 Å². The molecule has 7 nitrogen and oxygen atoms in total. The maximum atomic E-state index is 8.92. The van der Waals surface area contributed by atoms with Crippen molar-refractivity contribution >= 4 is 5.82 Å². The second-order valence-electron chi connectivity index (χ2n) is 3.50. The SMILES string of the molecule is Cc1ncc(C#N)c(NCc2nncn2C)n1. The van der Waals surface area contributed by atoms with E-state index in [1.54, 1.807) is 17.8 Å². The number of nitrogens with one attached hydrogen (secondary N) is 1. The van der Waals surface area contributed by atoms with E-state index in [9.17, 15) is 0 Å². The number of aryl methyl sites for hydroxylation is 2. The Balaban J connectivity index is 2.17. The van der Waals surface area contributed by atoms with Gasteiger partial charge in [0.25, 0.3) is 0 Å². The van der Waals surface area contributed by atoms with Gasteiger partial charge in [0.05, 0.1) is 12.7 Å². The number of nitrogens with zero attached hydrogens (tertiary/aromatic N) is 6. The van der Waals surface area contributed by atoms with Gasteiger partial charge in [0.2, 0.25) is 0 Å². The zero-order chi connectivity index (χ0) is 12.3. The van der Waals surface area contributed by atoms with Crippen molar-refractivity contribution in [3.63, 3.8) is 0 Å². The molecule has 0 saturated heterocycles. The zero-order valence-electron chi connectivity index (χ0n) is 9.55. The average molecular weight is 229 g/mol. The van der Waals surface area contributed by atoms with Gasteiger partial charge in [-0.1, -0.05) is 0 Å². The number of anilines is 1. The third-order valence-corrected chi connectivity index (χ3v) is 2.25. The Bertz CT molecular complexity index is 566. The Hall–Kier alpha value is -2.49. The van der Waals surface area contributed by atoms with Crippen LogP contribution in [-0.2, 0) is 13.6 Å². The van der Waals surface area contributed by atoms with Gasteiger partial charge in [-0.15, -0.1) is 10.2 Å². The highest BCUT2D eigenvalue weighted by atomic mass is 15.3. The fourth-order valence-electron chi connectivity index (χ4n) is 1.32. The van der Waals surface area contributed by atoms with E-state index in [2.05, 4.69) is 25.5 Å². The third kappa shape index (κ3) is 2.36. The average Bonchev–Trinajstić information content (AvgIpc) is 2.72. The van der Waals surface area contributed by atoms with Gasteiger partial charge >= 0.3 is 0 Å². The molecule has 2 aromatic heterocycles. The maximum absolute atomic E-state index is 8.92. The summed E-state index contributed by atoms with van der Waals surface area (Å²) >= 11 is 0. The first kappa shape index (κ1) is 11.0. The van der Waals surface area contributed by atoms with E-state index >= 15 is 0 Å². The van der Waals surface area contributed by atoms with E-state index < -0.39 is 0 Å². The molecule has 0 spiro atoms. The second kappa shape index (κ2) is 4.57. The molecule has 0 radical (unpaired) electrons. The highest BCUT2D eigenvalue weighted by Crippen LogP contribution is 2.10. The smallest absolute Gasteiger partial charge is 0.151 e. The van der Waals surface area contributed by atoms with Crippen molar-refractivity contribution < 1.29 is 0 Å². The molecule has 0 atom stereocenters. The van der Waals surface area contributed by atoms with E-state index in [0.29, 0.717) is 23.8 Å². The van der Waals surface area contributed by atoms with Gasteiger partial charge in [0.15, 0.2) is 5.82 Å². The Labute approximate surface area is 98.2 Å². The normalized spacial score (nSPS) is 9.94. The molecule has 1 N–H and O–H groups in total. The van der Waals surface area contributed by atoms with Crippen LogP contribution in [0, 0.1) is 18.3 Å². The molecule has 86 valence electrons. The molecule has 0 bridgehead atoms. The van der Waals surface area contributed by atoms with Crippen molar-refractivity contribution in [1.82, 2.24) is 24.7 Å². The third-order valence-electron chi connectivity index (χ3n) is 2.25. The molecule has 7 heteroatoms. The van der Waals surface area contributed by atoms with Crippen molar-refractivity contribution in [3.8, 4) is 6.07 Å². The zero-order valence-corrected chi connectivity index (χ0v) is 9.55. The van der Waals surface area contributed by atoms with E-state index in [1.165, 1.54) is 6.20 Å². The molecule has 0 saturated carbocycles. The van der Waals surface area contributed by atoms with Gasteiger partial charge in [-0.2, -0.15) is 5.26 Å². The Morgan fingerprint density at radius 2 is 2.35 bits per heavy atom. The number of rotatable bonds is 3. The Kier molecular flexibility index (Phi) is 2.96. The lowest BCUT2D eigenvalue weighted by molar-refractivity contribution is 0.808. The first-order valence-corrected chi connectivity index (χ1v) is 5.01. The molecule has 0 aliphatic rings. The van der Waals surface area contributed by atoms with Crippen LogP contribution in [0.5, 0.6) is 0 Å².